The van der Waals surface area contributed by atoms with Gasteiger partial charge in [0.2, 0.25) is 0 Å². The van der Waals surface area contributed by atoms with Crippen LogP contribution in [0.5, 0.6) is 0 Å². The highest BCUT2D eigenvalue weighted by molar-refractivity contribution is 6.04. The van der Waals surface area contributed by atoms with Crippen LogP contribution < -0.4 is 10.2 Å². The number of nitrogens with one attached hydrogen (secondary N) is 1. The molecule has 1 aliphatic carbocycles. The van der Waals surface area contributed by atoms with Crippen molar-refractivity contribution in [3.63, 3.8) is 0 Å². The molecule has 1 fully saturated rings. The Labute approximate surface area is 186 Å². The lowest BCUT2D eigenvalue weighted by Gasteiger charge is -2.27. The Kier molecular flexibility index (Phi) is 6.12. The molecule has 1 aliphatic rings. The van der Waals surface area contributed by atoms with Gasteiger partial charge in [0.15, 0.2) is 6.61 Å². The van der Waals surface area contributed by atoms with Crippen molar-refractivity contribution in [2.45, 2.75) is 52.5 Å². The Morgan fingerprint density at radius 1 is 1.25 bits per heavy atom. The SMILES string of the molecule is CCN(c1ccc(NC(=O)COC(=O)c2cc(C3CC3)nc3onc(C)c23)cc1)C(C)C. The lowest BCUT2D eigenvalue weighted by atomic mass is 10.1. The summed E-state index contributed by atoms with van der Waals surface area (Å²) < 4.78 is 10.6. The van der Waals surface area contributed by atoms with Crippen LogP contribution >= 0.6 is 0 Å². The number of carbonyl (C=O) groups is 2. The quantitative estimate of drug-likeness (QED) is 0.521. The van der Waals surface area contributed by atoms with Crippen LogP contribution in [-0.2, 0) is 9.53 Å². The average Bonchev–Trinajstić information content (AvgIpc) is 3.56. The van der Waals surface area contributed by atoms with Gasteiger partial charge in [-0.05, 0) is 70.9 Å². The molecule has 0 radical (unpaired) electrons. The number of hydrogen-bond acceptors (Lipinski definition) is 7. The van der Waals surface area contributed by atoms with Gasteiger partial charge < -0.3 is 19.5 Å². The van der Waals surface area contributed by atoms with E-state index >= 15 is 0 Å². The minimum absolute atomic E-state index is 0.325. The van der Waals surface area contributed by atoms with Gasteiger partial charge in [-0.25, -0.2) is 9.78 Å². The molecule has 3 aromatic rings. The molecule has 32 heavy (non-hydrogen) atoms. The number of ether oxygens (including phenoxy) is 1. The highest BCUT2D eigenvalue weighted by Gasteiger charge is 2.29. The van der Waals surface area contributed by atoms with Crippen molar-refractivity contribution in [1.82, 2.24) is 10.1 Å². The molecule has 0 bridgehead atoms. The third-order valence-electron chi connectivity index (χ3n) is 5.63. The molecule has 2 heterocycles. The smallest absolute Gasteiger partial charge is 0.339 e. The summed E-state index contributed by atoms with van der Waals surface area (Å²) in [4.78, 5) is 31.9. The second-order valence-corrected chi connectivity index (χ2v) is 8.37. The maximum absolute atomic E-state index is 12.8. The van der Waals surface area contributed by atoms with Crippen molar-refractivity contribution in [2.75, 3.05) is 23.4 Å². The molecule has 8 nitrogen and oxygen atoms in total. The van der Waals surface area contributed by atoms with Crippen LogP contribution in [0.1, 0.15) is 61.3 Å². The van der Waals surface area contributed by atoms with E-state index in [-0.39, 0.29) is 6.61 Å². The number of anilines is 2. The first-order chi connectivity index (χ1) is 15.4. The summed E-state index contributed by atoms with van der Waals surface area (Å²) in [6, 6.07) is 9.73. The van der Waals surface area contributed by atoms with Crippen LogP contribution in [0.4, 0.5) is 11.4 Å². The van der Waals surface area contributed by atoms with Gasteiger partial charge in [0, 0.05) is 35.6 Å². The summed E-state index contributed by atoms with van der Waals surface area (Å²) in [6.45, 7) is 8.64. The van der Waals surface area contributed by atoms with Gasteiger partial charge in [0.05, 0.1) is 16.6 Å². The van der Waals surface area contributed by atoms with E-state index in [0.717, 1.165) is 30.8 Å². The molecule has 1 saturated carbocycles. The van der Waals surface area contributed by atoms with E-state index in [2.05, 4.69) is 41.1 Å². The Bertz CT molecular complexity index is 1130. The van der Waals surface area contributed by atoms with Crippen LogP contribution in [0.15, 0.2) is 34.9 Å². The molecule has 168 valence electrons. The number of aromatic nitrogens is 2. The molecular weight excluding hydrogens is 408 g/mol. The van der Waals surface area contributed by atoms with Gasteiger partial charge >= 0.3 is 5.97 Å². The van der Waals surface area contributed by atoms with Crippen molar-refractivity contribution in [3.8, 4) is 0 Å². The third-order valence-corrected chi connectivity index (χ3v) is 5.63. The van der Waals surface area contributed by atoms with Crippen molar-refractivity contribution in [3.05, 3.63) is 47.3 Å². The standard InChI is InChI=1S/C24H28N4O4/c1-5-28(14(2)3)18-10-8-17(9-11-18)25-21(29)13-31-24(30)19-12-20(16-6-7-16)26-23-22(19)15(4)27-32-23/h8-12,14,16H,5-7,13H2,1-4H3,(H,25,29). The average molecular weight is 437 g/mol. The Hall–Kier alpha value is -3.42. The number of benzene rings is 1. The molecule has 8 heteroatoms. The zero-order valence-corrected chi connectivity index (χ0v) is 18.8. The summed E-state index contributed by atoms with van der Waals surface area (Å²) in [7, 11) is 0. The number of pyridine rings is 1. The minimum atomic E-state index is -0.591. The molecule has 4 rings (SSSR count). The van der Waals surface area contributed by atoms with Crippen LogP contribution in [0.25, 0.3) is 11.1 Å². The van der Waals surface area contributed by atoms with Gasteiger partial charge in [0.25, 0.3) is 11.6 Å². The fraction of sp³-hybridized carbons (Fsp3) is 0.417. The molecule has 1 N–H and O–H groups in total. The van der Waals surface area contributed by atoms with Gasteiger partial charge in [-0.15, -0.1) is 0 Å². The molecule has 0 spiro atoms. The largest absolute Gasteiger partial charge is 0.452 e. The van der Waals surface area contributed by atoms with E-state index in [9.17, 15) is 9.59 Å². The molecule has 0 atom stereocenters. The summed E-state index contributed by atoms with van der Waals surface area (Å²) >= 11 is 0. The fourth-order valence-electron chi connectivity index (χ4n) is 3.85. The lowest BCUT2D eigenvalue weighted by Crippen LogP contribution is -2.30. The van der Waals surface area contributed by atoms with E-state index in [0.29, 0.717) is 40.0 Å². The van der Waals surface area contributed by atoms with Crippen molar-refractivity contribution < 1.29 is 18.8 Å². The maximum atomic E-state index is 12.8. The van der Waals surface area contributed by atoms with Crippen LogP contribution in [-0.4, -0.2) is 41.2 Å². The molecular formula is C24H28N4O4. The topological polar surface area (TPSA) is 97.6 Å². The normalized spacial score (nSPS) is 13.4. The molecule has 0 unspecified atom stereocenters. The zero-order chi connectivity index (χ0) is 22.8. The molecule has 0 saturated heterocycles. The number of carbonyl (C=O) groups excluding carboxylic acids is 2. The number of aryl methyl sites for hydroxylation is 1. The van der Waals surface area contributed by atoms with E-state index in [4.69, 9.17) is 9.26 Å². The summed E-state index contributed by atoms with van der Waals surface area (Å²) in [6.07, 6.45) is 2.07. The highest BCUT2D eigenvalue weighted by Crippen LogP contribution is 2.40. The maximum Gasteiger partial charge on any atom is 0.339 e. The highest BCUT2D eigenvalue weighted by atomic mass is 16.5. The molecule has 1 aromatic carbocycles. The monoisotopic (exact) mass is 436 g/mol. The van der Waals surface area contributed by atoms with Crippen molar-refractivity contribution in [1.29, 1.82) is 0 Å². The van der Waals surface area contributed by atoms with Crippen LogP contribution in [0.3, 0.4) is 0 Å². The number of fused-ring (bicyclic) bond motifs is 1. The Morgan fingerprint density at radius 3 is 2.59 bits per heavy atom. The van der Waals surface area contributed by atoms with Gasteiger partial charge in [-0.1, -0.05) is 5.16 Å². The van der Waals surface area contributed by atoms with E-state index in [1.165, 1.54) is 0 Å². The molecule has 1 amide bonds. The number of amides is 1. The summed E-state index contributed by atoms with van der Waals surface area (Å²) in [5.74, 6) is -0.661. The first kappa shape index (κ1) is 21.8. The number of esters is 1. The first-order valence-electron chi connectivity index (χ1n) is 11.0. The van der Waals surface area contributed by atoms with Crippen LogP contribution in [0.2, 0.25) is 0 Å². The lowest BCUT2D eigenvalue weighted by molar-refractivity contribution is -0.119. The zero-order valence-electron chi connectivity index (χ0n) is 18.8. The number of nitrogens with zero attached hydrogens (tertiary/aromatic N) is 3. The molecule has 2 aromatic heterocycles. The van der Waals surface area contributed by atoms with Gasteiger partial charge in [0.1, 0.15) is 0 Å². The molecule has 0 aliphatic heterocycles. The van der Waals surface area contributed by atoms with Gasteiger partial charge in [-0.3, -0.25) is 4.79 Å². The number of rotatable bonds is 8. The van der Waals surface area contributed by atoms with E-state index in [1.54, 1.807) is 13.0 Å². The van der Waals surface area contributed by atoms with Crippen molar-refractivity contribution >= 4 is 34.4 Å². The summed E-state index contributed by atoms with van der Waals surface area (Å²) in [5, 5.41) is 7.22. The predicted molar refractivity (Wildman–Crippen MR) is 122 cm³/mol. The fourth-order valence-corrected chi connectivity index (χ4v) is 3.85. The first-order valence-corrected chi connectivity index (χ1v) is 11.0. The van der Waals surface area contributed by atoms with Crippen molar-refractivity contribution in [2.24, 2.45) is 0 Å². The van der Waals surface area contributed by atoms with Crippen LogP contribution in [0, 0.1) is 6.92 Å². The minimum Gasteiger partial charge on any atom is -0.452 e. The summed E-state index contributed by atoms with van der Waals surface area (Å²) in [5.41, 5.74) is 3.75. The number of hydrogen-bond donors (Lipinski definition) is 1. The van der Waals surface area contributed by atoms with E-state index < -0.39 is 11.9 Å². The predicted octanol–water partition coefficient (Wildman–Crippen LogP) is 4.44. The Balaban J connectivity index is 1.40. The second kappa shape index (κ2) is 8.98. The second-order valence-electron chi connectivity index (χ2n) is 8.37. The van der Waals surface area contributed by atoms with E-state index in [1.807, 2.05) is 24.3 Å². The third kappa shape index (κ3) is 4.59. The Morgan fingerprint density at radius 2 is 1.97 bits per heavy atom. The van der Waals surface area contributed by atoms with Gasteiger partial charge in [-0.2, -0.15) is 0 Å².